The largest absolute Gasteiger partial charge is 0.494 e. The van der Waals surface area contributed by atoms with Crippen molar-refractivity contribution in [3.05, 3.63) is 60.2 Å². The summed E-state index contributed by atoms with van der Waals surface area (Å²) in [6.07, 6.45) is 4.12. The molecule has 0 bridgehead atoms. The molecule has 0 fully saturated rings. The fourth-order valence-corrected chi connectivity index (χ4v) is 1.65. The van der Waals surface area contributed by atoms with Gasteiger partial charge < -0.3 is 4.74 Å². The molecule has 0 radical (unpaired) electrons. The van der Waals surface area contributed by atoms with Crippen LogP contribution >= 0.6 is 0 Å². The molecule has 2 nitrogen and oxygen atoms in total. The van der Waals surface area contributed by atoms with Gasteiger partial charge in [-0.3, -0.25) is 4.99 Å². The number of rotatable bonds is 6. The molecule has 0 unspecified atom stereocenters. The van der Waals surface area contributed by atoms with Crippen molar-refractivity contribution in [2.45, 2.75) is 19.8 Å². The Morgan fingerprint density at radius 3 is 2.42 bits per heavy atom. The summed E-state index contributed by atoms with van der Waals surface area (Å²) in [5.41, 5.74) is 2.04. The third-order valence-electron chi connectivity index (χ3n) is 2.77. The van der Waals surface area contributed by atoms with Gasteiger partial charge in [-0.25, -0.2) is 0 Å². The van der Waals surface area contributed by atoms with Crippen molar-refractivity contribution >= 4 is 11.9 Å². The van der Waals surface area contributed by atoms with Gasteiger partial charge in [0, 0.05) is 6.21 Å². The average Bonchev–Trinajstić information content (AvgIpc) is 2.48. The molecular formula is C17H19NO. The van der Waals surface area contributed by atoms with Crippen LogP contribution in [0.5, 0.6) is 5.75 Å². The Kier molecular flexibility index (Phi) is 5.17. The van der Waals surface area contributed by atoms with E-state index >= 15 is 0 Å². The summed E-state index contributed by atoms with van der Waals surface area (Å²) in [4.78, 5) is 4.42. The Morgan fingerprint density at radius 1 is 1.00 bits per heavy atom. The first-order chi connectivity index (χ1) is 9.38. The van der Waals surface area contributed by atoms with Crippen LogP contribution in [0.3, 0.4) is 0 Å². The summed E-state index contributed by atoms with van der Waals surface area (Å²) in [6, 6.07) is 17.9. The topological polar surface area (TPSA) is 21.6 Å². The fraction of sp³-hybridized carbons (Fsp3) is 0.235. The van der Waals surface area contributed by atoms with E-state index in [4.69, 9.17) is 4.74 Å². The Labute approximate surface area is 114 Å². The minimum Gasteiger partial charge on any atom is -0.494 e. The van der Waals surface area contributed by atoms with Crippen molar-refractivity contribution in [2.24, 2.45) is 4.99 Å². The van der Waals surface area contributed by atoms with Gasteiger partial charge in [0.1, 0.15) is 5.75 Å². The average molecular weight is 253 g/mol. The van der Waals surface area contributed by atoms with Crippen LogP contribution < -0.4 is 4.74 Å². The van der Waals surface area contributed by atoms with Gasteiger partial charge in [-0.05, 0) is 48.4 Å². The van der Waals surface area contributed by atoms with Crippen molar-refractivity contribution in [1.82, 2.24) is 0 Å². The summed E-state index contributed by atoms with van der Waals surface area (Å²) in [7, 11) is 0. The van der Waals surface area contributed by atoms with E-state index < -0.39 is 0 Å². The fourth-order valence-electron chi connectivity index (χ4n) is 1.65. The maximum absolute atomic E-state index is 5.62. The van der Waals surface area contributed by atoms with Crippen molar-refractivity contribution in [3.8, 4) is 5.75 Å². The van der Waals surface area contributed by atoms with Crippen molar-refractivity contribution < 1.29 is 4.74 Å². The van der Waals surface area contributed by atoms with Crippen LogP contribution in [0.1, 0.15) is 25.3 Å². The van der Waals surface area contributed by atoms with E-state index in [0.717, 1.165) is 36.4 Å². The van der Waals surface area contributed by atoms with Gasteiger partial charge in [-0.1, -0.05) is 31.5 Å². The zero-order chi connectivity index (χ0) is 13.3. The predicted octanol–water partition coefficient (Wildman–Crippen LogP) is 4.62. The van der Waals surface area contributed by atoms with Gasteiger partial charge in [-0.15, -0.1) is 0 Å². The van der Waals surface area contributed by atoms with Crippen LogP contribution in [0.2, 0.25) is 0 Å². The molecule has 0 heterocycles. The number of aliphatic imine (C=N–C) groups is 1. The number of para-hydroxylation sites is 1. The van der Waals surface area contributed by atoms with Crippen LogP contribution in [0, 0.1) is 0 Å². The Bertz CT molecular complexity index is 503. The zero-order valence-electron chi connectivity index (χ0n) is 11.3. The lowest BCUT2D eigenvalue weighted by Crippen LogP contribution is -1.96. The van der Waals surface area contributed by atoms with Gasteiger partial charge in [0.2, 0.25) is 0 Å². The monoisotopic (exact) mass is 253 g/mol. The number of unbranched alkanes of at least 4 members (excludes halogenated alkanes) is 1. The van der Waals surface area contributed by atoms with Crippen molar-refractivity contribution in [2.75, 3.05) is 6.61 Å². The molecule has 98 valence electrons. The summed E-state index contributed by atoms with van der Waals surface area (Å²) in [6.45, 7) is 2.94. The minimum absolute atomic E-state index is 0.786. The van der Waals surface area contributed by atoms with Crippen molar-refractivity contribution in [3.63, 3.8) is 0 Å². The number of ether oxygens (including phenoxy) is 1. The van der Waals surface area contributed by atoms with Crippen LogP contribution in [-0.4, -0.2) is 12.8 Å². The number of nitrogens with zero attached hydrogens (tertiary/aromatic N) is 1. The lowest BCUT2D eigenvalue weighted by atomic mass is 10.2. The highest BCUT2D eigenvalue weighted by molar-refractivity contribution is 5.82. The molecule has 0 spiro atoms. The molecule has 2 aromatic rings. The lowest BCUT2D eigenvalue weighted by molar-refractivity contribution is 0.309. The molecule has 19 heavy (non-hydrogen) atoms. The highest BCUT2D eigenvalue weighted by Crippen LogP contribution is 2.13. The summed E-state index contributed by atoms with van der Waals surface area (Å²) in [5, 5.41) is 0. The molecule has 0 aliphatic heterocycles. The van der Waals surface area contributed by atoms with E-state index in [9.17, 15) is 0 Å². The molecule has 0 aliphatic carbocycles. The maximum Gasteiger partial charge on any atom is 0.119 e. The first-order valence-electron chi connectivity index (χ1n) is 6.70. The molecule has 0 atom stereocenters. The lowest BCUT2D eigenvalue weighted by Gasteiger charge is -2.04. The quantitative estimate of drug-likeness (QED) is 0.544. The summed E-state index contributed by atoms with van der Waals surface area (Å²) in [5.74, 6) is 0.922. The van der Waals surface area contributed by atoms with Gasteiger partial charge >= 0.3 is 0 Å². The molecule has 2 aromatic carbocycles. The Balaban J connectivity index is 1.93. The van der Waals surface area contributed by atoms with Gasteiger partial charge in [-0.2, -0.15) is 0 Å². The predicted molar refractivity (Wildman–Crippen MR) is 80.5 cm³/mol. The second kappa shape index (κ2) is 7.37. The van der Waals surface area contributed by atoms with E-state index in [0.29, 0.717) is 0 Å². The molecule has 0 amide bonds. The molecule has 0 saturated carbocycles. The number of hydrogen-bond donors (Lipinski definition) is 0. The minimum atomic E-state index is 0.786. The van der Waals surface area contributed by atoms with Crippen molar-refractivity contribution in [1.29, 1.82) is 0 Å². The molecule has 0 aromatic heterocycles. The molecule has 0 saturated heterocycles. The standard InChI is InChI=1S/C17H19NO/c1-2-3-13-19-17-11-9-15(10-12-17)14-18-16-7-5-4-6-8-16/h4-12,14H,2-3,13H2,1H3/b18-14+. The summed E-state index contributed by atoms with van der Waals surface area (Å²) >= 11 is 0. The highest BCUT2D eigenvalue weighted by Gasteiger charge is 1.93. The van der Waals surface area contributed by atoms with E-state index in [1.807, 2.05) is 60.8 Å². The van der Waals surface area contributed by atoms with Crippen LogP contribution in [0.4, 0.5) is 5.69 Å². The van der Waals surface area contributed by atoms with Gasteiger partial charge in [0.15, 0.2) is 0 Å². The van der Waals surface area contributed by atoms with Crippen LogP contribution in [-0.2, 0) is 0 Å². The molecule has 0 aliphatic rings. The summed E-state index contributed by atoms with van der Waals surface area (Å²) < 4.78 is 5.62. The molecule has 0 N–H and O–H groups in total. The number of hydrogen-bond acceptors (Lipinski definition) is 2. The SMILES string of the molecule is CCCCOc1ccc(/C=N/c2ccccc2)cc1. The van der Waals surface area contributed by atoms with E-state index in [2.05, 4.69) is 11.9 Å². The smallest absolute Gasteiger partial charge is 0.119 e. The third-order valence-corrected chi connectivity index (χ3v) is 2.77. The molecule has 2 rings (SSSR count). The molecule has 2 heteroatoms. The van der Waals surface area contributed by atoms with Crippen LogP contribution in [0.25, 0.3) is 0 Å². The van der Waals surface area contributed by atoms with Crippen LogP contribution in [0.15, 0.2) is 59.6 Å². The van der Waals surface area contributed by atoms with E-state index in [1.165, 1.54) is 0 Å². The van der Waals surface area contributed by atoms with E-state index in [1.54, 1.807) is 0 Å². The van der Waals surface area contributed by atoms with Gasteiger partial charge in [0.25, 0.3) is 0 Å². The Hall–Kier alpha value is -2.09. The highest BCUT2D eigenvalue weighted by atomic mass is 16.5. The van der Waals surface area contributed by atoms with E-state index in [-0.39, 0.29) is 0 Å². The maximum atomic E-state index is 5.62. The molecular weight excluding hydrogens is 234 g/mol. The second-order valence-electron chi connectivity index (χ2n) is 4.36. The first-order valence-corrected chi connectivity index (χ1v) is 6.70. The first kappa shape index (κ1) is 13.3. The third kappa shape index (κ3) is 4.59. The zero-order valence-corrected chi connectivity index (χ0v) is 11.3. The van der Waals surface area contributed by atoms with Gasteiger partial charge in [0.05, 0.1) is 12.3 Å². The number of benzene rings is 2. The Morgan fingerprint density at radius 2 is 1.74 bits per heavy atom. The second-order valence-corrected chi connectivity index (χ2v) is 4.36. The normalized spacial score (nSPS) is 10.8.